The molecule has 0 saturated carbocycles. The zero-order valence-electron chi connectivity index (χ0n) is 14.8. The fourth-order valence-electron chi connectivity index (χ4n) is 2.76. The monoisotopic (exact) mass is 340 g/mol. The molecule has 5 heteroatoms. The number of anilines is 1. The smallest absolute Gasteiger partial charge is 0.310 e. The average Bonchev–Trinajstić information content (AvgIpc) is 2.61. The summed E-state index contributed by atoms with van der Waals surface area (Å²) in [6.45, 7) is 3.90. The summed E-state index contributed by atoms with van der Waals surface area (Å²) in [5.41, 5.74) is 2.80. The number of esters is 1. The number of amides is 1. The lowest BCUT2D eigenvalue weighted by molar-refractivity contribution is -0.146. The summed E-state index contributed by atoms with van der Waals surface area (Å²) in [5.74, 6) is -0.689. The largest absolute Gasteiger partial charge is 0.469 e. The molecule has 0 aliphatic carbocycles. The van der Waals surface area contributed by atoms with E-state index >= 15 is 0 Å². The zero-order chi connectivity index (χ0) is 18.2. The minimum Gasteiger partial charge on any atom is -0.469 e. The van der Waals surface area contributed by atoms with Crippen molar-refractivity contribution in [3.63, 3.8) is 0 Å². The van der Waals surface area contributed by atoms with Crippen molar-refractivity contribution in [3.05, 3.63) is 65.7 Å². The lowest BCUT2D eigenvalue weighted by Gasteiger charge is -2.24. The molecule has 0 heterocycles. The Morgan fingerprint density at radius 2 is 1.80 bits per heavy atom. The van der Waals surface area contributed by atoms with Gasteiger partial charge in [-0.3, -0.25) is 9.59 Å². The molecule has 0 aromatic heterocycles. The normalized spacial score (nSPS) is 12.9. The van der Waals surface area contributed by atoms with Crippen LogP contribution in [0.2, 0.25) is 0 Å². The molecule has 2 rings (SSSR count). The molecule has 0 aliphatic heterocycles. The minimum absolute atomic E-state index is 0.105. The molecule has 1 amide bonds. The van der Waals surface area contributed by atoms with Gasteiger partial charge in [-0.25, -0.2) is 0 Å². The Morgan fingerprint density at radius 1 is 1.08 bits per heavy atom. The van der Waals surface area contributed by atoms with E-state index in [9.17, 15) is 9.59 Å². The van der Waals surface area contributed by atoms with Gasteiger partial charge in [0.1, 0.15) is 0 Å². The molecule has 2 N–H and O–H groups in total. The number of carbonyl (C=O) groups is 2. The van der Waals surface area contributed by atoms with Crippen molar-refractivity contribution in [2.45, 2.75) is 26.4 Å². The second-order valence-electron chi connectivity index (χ2n) is 5.96. The molecule has 0 saturated heterocycles. The van der Waals surface area contributed by atoms with Crippen LogP contribution in [-0.2, 0) is 20.9 Å². The highest BCUT2D eigenvalue weighted by molar-refractivity contribution is 5.88. The summed E-state index contributed by atoms with van der Waals surface area (Å²) in [6.07, 6.45) is 0. The molecule has 0 spiro atoms. The summed E-state index contributed by atoms with van der Waals surface area (Å²) >= 11 is 0. The van der Waals surface area contributed by atoms with Gasteiger partial charge in [-0.2, -0.15) is 0 Å². The van der Waals surface area contributed by atoms with E-state index in [0.29, 0.717) is 6.54 Å². The Kier molecular flexibility index (Phi) is 6.71. The molecular weight excluding hydrogens is 316 g/mol. The van der Waals surface area contributed by atoms with E-state index < -0.39 is 0 Å². The number of methoxy groups -OCH3 is 1. The highest BCUT2D eigenvalue weighted by Crippen LogP contribution is 2.24. The van der Waals surface area contributed by atoms with Crippen LogP contribution in [0, 0.1) is 5.92 Å². The van der Waals surface area contributed by atoms with Crippen molar-refractivity contribution in [2.24, 2.45) is 5.92 Å². The Hall–Kier alpha value is -2.66. The summed E-state index contributed by atoms with van der Waals surface area (Å²) in [4.78, 5) is 23.2. The van der Waals surface area contributed by atoms with Gasteiger partial charge in [-0.1, -0.05) is 49.4 Å². The predicted molar refractivity (Wildman–Crippen MR) is 97.9 cm³/mol. The number of rotatable bonds is 7. The highest BCUT2D eigenvalue weighted by Gasteiger charge is 2.25. The third-order valence-electron chi connectivity index (χ3n) is 4.01. The van der Waals surface area contributed by atoms with Crippen LogP contribution in [0.15, 0.2) is 54.6 Å². The molecule has 0 fully saturated rings. The average molecular weight is 340 g/mol. The maximum absolute atomic E-state index is 12.0. The SMILES string of the molecule is COC(=O)[C@@H](C)[C@H](NCc1cccc(NC(C)=O)c1)c1ccccc1. The summed E-state index contributed by atoms with van der Waals surface area (Å²) in [5, 5.41) is 6.21. The Morgan fingerprint density at radius 3 is 2.44 bits per heavy atom. The lowest BCUT2D eigenvalue weighted by atomic mass is 9.94. The van der Waals surface area contributed by atoms with Crippen molar-refractivity contribution in [3.8, 4) is 0 Å². The van der Waals surface area contributed by atoms with E-state index in [0.717, 1.165) is 16.8 Å². The van der Waals surface area contributed by atoms with Gasteiger partial charge >= 0.3 is 5.97 Å². The van der Waals surface area contributed by atoms with E-state index in [1.165, 1.54) is 14.0 Å². The lowest BCUT2D eigenvalue weighted by Crippen LogP contribution is -2.31. The highest BCUT2D eigenvalue weighted by atomic mass is 16.5. The van der Waals surface area contributed by atoms with Gasteiger partial charge in [0.25, 0.3) is 0 Å². The molecule has 2 aromatic carbocycles. The first-order valence-corrected chi connectivity index (χ1v) is 8.24. The molecule has 2 aromatic rings. The van der Waals surface area contributed by atoms with Crippen molar-refractivity contribution in [2.75, 3.05) is 12.4 Å². The van der Waals surface area contributed by atoms with Crippen LogP contribution in [0.1, 0.15) is 31.0 Å². The first-order valence-electron chi connectivity index (χ1n) is 8.24. The first-order chi connectivity index (χ1) is 12.0. The number of benzene rings is 2. The summed E-state index contributed by atoms with van der Waals surface area (Å²) in [6, 6.07) is 17.3. The van der Waals surface area contributed by atoms with Gasteiger partial charge in [0.15, 0.2) is 0 Å². The summed E-state index contributed by atoms with van der Waals surface area (Å²) < 4.78 is 4.90. The topological polar surface area (TPSA) is 67.4 Å². The van der Waals surface area contributed by atoms with Crippen molar-refractivity contribution >= 4 is 17.6 Å². The van der Waals surface area contributed by atoms with Gasteiger partial charge in [0.05, 0.1) is 13.0 Å². The molecule has 0 aliphatic rings. The second kappa shape index (κ2) is 8.99. The van der Waals surface area contributed by atoms with Gasteiger partial charge in [-0.15, -0.1) is 0 Å². The van der Waals surface area contributed by atoms with Crippen LogP contribution in [0.4, 0.5) is 5.69 Å². The summed E-state index contributed by atoms with van der Waals surface area (Å²) in [7, 11) is 1.40. The molecule has 0 radical (unpaired) electrons. The van der Waals surface area contributed by atoms with Gasteiger partial charge in [0.2, 0.25) is 5.91 Å². The number of nitrogens with one attached hydrogen (secondary N) is 2. The quantitative estimate of drug-likeness (QED) is 0.759. The van der Waals surface area contributed by atoms with E-state index in [1.807, 2.05) is 61.5 Å². The molecule has 132 valence electrons. The maximum atomic E-state index is 12.0. The minimum atomic E-state index is -0.328. The van der Waals surface area contributed by atoms with Crippen LogP contribution in [0.3, 0.4) is 0 Å². The predicted octanol–water partition coefficient (Wildman–Crippen LogP) is 3.29. The van der Waals surface area contributed by atoms with E-state index in [2.05, 4.69) is 10.6 Å². The molecule has 2 atom stereocenters. The third-order valence-corrected chi connectivity index (χ3v) is 4.01. The first kappa shape index (κ1) is 18.7. The van der Waals surface area contributed by atoms with Crippen LogP contribution in [0.25, 0.3) is 0 Å². The van der Waals surface area contributed by atoms with Gasteiger partial charge in [0, 0.05) is 25.2 Å². The maximum Gasteiger partial charge on any atom is 0.310 e. The van der Waals surface area contributed by atoms with Crippen LogP contribution in [-0.4, -0.2) is 19.0 Å². The van der Waals surface area contributed by atoms with Crippen LogP contribution >= 0.6 is 0 Å². The number of hydrogen-bond acceptors (Lipinski definition) is 4. The van der Waals surface area contributed by atoms with Crippen molar-refractivity contribution in [1.82, 2.24) is 5.32 Å². The van der Waals surface area contributed by atoms with Crippen LogP contribution in [0.5, 0.6) is 0 Å². The molecule has 25 heavy (non-hydrogen) atoms. The van der Waals surface area contributed by atoms with E-state index in [-0.39, 0.29) is 23.8 Å². The second-order valence-corrected chi connectivity index (χ2v) is 5.96. The number of hydrogen-bond donors (Lipinski definition) is 2. The zero-order valence-corrected chi connectivity index (χ0v) is 14.8. The standard InChI is InChI=1S/C20H24N2O3/c1-14(20(24)25-3)19(17-9-5-4-6-10-17)21-13-16-8-7-11-18(12-16)22-15(2)23/h4-12,14,19,21H,13H2,1-3H3,(H,22,23)/t14-,19-/m0/s1. The Bertz CT molecular complexity index is 716. The van der Waals surface area contributed by atoms with Gasteiger partial charge < -0.3 is 15.4 Å². The molecular formula is C20H24N2O3. The molecule has 0 unspecified atom stereocenters. The van der Waals surface area contributed by atoms with E-state index in [1.54, 1.807) is 0 Å². The number of carbonyl (C=O) groups excluding carboxylic acids is 2. The Balaban J connectivity index is 2.15. The molecule has 0 bridgehead atoms. The fourth-order valence-corrected chi connectivity index (χ4v) is 2.76. The third kappa shape index (κ3) is 5.43. The van der Waals surface area contributed by atoms with Gasteiger partial charge in [-0.05, 0) is 23.3 Å². The van der Waals surface area contributed by atoms with E-state index in [4.69, 9.17) is 4.74 Å². The van der Waals surface area contributed by atoms with Crippen molar-refractivity contribution < 1.29 is 14.3 Å². The van der Waals surface area contributed by atoms with Crippen molar-refractivity contribution in [1.29, 1.82) is 0 Å². The molecule has 5 nitrogen and oxygen atoms in total. The fraction of sp³-hybridized carbons (Fsp3) is 0.300. The van der Waals surface area contributed by atoms with Crippen LogP contribution < -0.4 is 10.6 Å². The Labute approximate surface area is 148 Å². The number of ether oxygens (including phenoxy) is 1.